The molecule has 1 heterocycles. The molecular weight excluding hydrogens is 216 g/mol. The molecule has 1 saturated heterocycles. The van der Waals surface area contributed by atoms with Crippen LogP contribution in [-0.2, 0) is 9.47 Å². The quantitative estimate of drug-likeness (QED) is 0.803. The van der Waals surface area contributed by atoms with Crippen LogP contribution in [0.3, 0.4) is 0 Å². The molecule has 1 aromatic rings. The van der Waals surface area contributed by atoms with Crippen molar-refractivity contribution in [2.45, 2.75) is 33.5 Å². The Kier molecular flexibility index (Phi) is 4.02. The Bertz CT molecular complexity index is 381. The smallest absolute Gasteiger partial charge is 0.184 e. The first kappa shape index (κ1) is 12.4. The summed E-state index contributed by atoms with van der Waals surface area (Å²) in [5, 5.41) is 0. The monoisotopic (exact) mass is 236 g/mol. The molecule has 0 unspecified atom stereocenters. The summed E-state index contributed by atoms with van der Waals surface area (Å²) in [7, 11) is 0. The highest BCUT2D eigenvalue weighted by molar-refractivity contribution is 5.44. The molecule has 1 aromatic carbocycles. The van der Waals surface area contributed by atoms with Crippen LogP contribution in [0.1, 0.15) is 36.3 Å². The van der Waals surface area contributed by atoms with Gasteiger partial charge < -0.3 is 14.2 Å². The maximum atomic E-state index is 5.70. The molecular formula is C14H20O3. The van der Waals surface area contributed by atoms with E-state index in [1.165, 1.54) is 11.1 Å². The van der Waals surface area contributed by atoms with Crippen LogP contribution in [0.5, 0.6) is 5.75 Å². The summed E-state index contributed by atoms with van der Waals surface area (Å²) in [5.41, 5.74) is 3.49. The van der Waals surface area contributed by atoms with Gasteiger partial charge in [-0.2, -0.15) is 0 Å². The van der Waals surface area contributed by atoms with E-state index in [4.69, 9.17) is 14.2 Å². The zero-order chi connectivity index (χ0) is 12.3. The second kappa shape index (κ2) is 5.52. The van der Waals surface area contributed by atoms with Gasteiger partial charge in [0, 0.05) is 5.56 Å². The Labute approximate surface area is 103 Å². The largest absolute Gasteiger partial charge is 0.493 e. The lowest BCUT2D eigenvalue weighted by Crippen LogP contribution is -2.04. The van der Waals surface area contributed by atoms with Crippen molar-refractivity contribution in [1.82, 2.24) is 0 Å². The molecule has 1 aliphatic heterocycles. The molecule has 0 N–H and O–H groups in total. The highest BCUT2D eigenvalue weighted by Gasteiger charge is 2.21. The first-order chi connectivity index (χ1) is 8.24. The average Bonchev–Trinajstić information content (AvgIpc) is 2.85. The Morgan fingerprint density at radius 2 is 1.88 bits per heavy atom. The summed E-state index contributed by atoms with van der Waals surface area (Å²) in [6.07, 6.45) is 0.823. The van der Waals surface area contributed by atoms with Crippen molar-refractivity contribution in [3.8, 4) is 5.75 Å². The van der Waals surface area contributed by atoms with Crippen LogP contribution >= 0.6 is 0 Å². The first-order valence-electron chi connectivity index (χ1n) is 6.20. The van der Waals surface area contributed by atoms with Crippen LogP contribution in [0.2, 0.25) is 0 Å². The minimum absolute atomic E-state index is 0.200. The fourth-order valence-corrected chi connectivity index (χ4v) is 1.98. The molecule has 0 aromatic heterocycles. The molecule has 0 aliphatic carbocycles. The van der Waals surface area contributed by atoms with Crippen LogP contribution in [0.15, 0.2) is 12.1 Å². The fraction of sp³-hybridized carbons (Fsp3) is 0.571. The molecule has 1 aliphatic rings. The molecule has 0 amide bonds. The third-order valence-electron chi connectivity index (χ3n) is 3.12. The molecule has 1 fully saturated rings. The lowest BCUT2D eigenvalue weighted by molar-refractivity contribution is -0.0446. The molecule has 0 bridgehead atoms. The summed E-state index contributed by atoms with van der Waals surface area (Å²) in [6.45, 7) is 8.40. The van der Waals surface area contributed by atoms with Crippen molar-refractivity contribution in [2.24, 2.45) is 0 Å². The van der Waals surface area contributed by atoms with Gasteiger partial charge in [-0.3, -0.25) is 0 Å². The van der Waals surface area contributed by atoms with Crippen molar-refractivity contribution in [3.63, 3.8) is 0 Å². The summed E-state index contributed by atoms with van der Waals surface area (Å²) >= 11 is 0. The Morgan fingerprint density at radius 3 is 2.53 bits per heavy atom. The fourth-order valence-electron chi connectivity index (χ4n) is 1.98. The van der Waals surface area contributed by atoms with Crippen molar-refractivity contribution >= 4 is 0 Å². The van der Waals surface area contributed by atoms with E-state index in [-0.39, 0.29) is 6.29 Å². The maximum Gasteiger partial charge on any atom is 0.184 e. The van der Waals surface area contributed by atoms with Gasteiger partial charge in [0.15, 0.2) is 6.29 Å². The van der Waals surface area contributed by atoms with E-state index >= 15 is 0 Å². The van der Waals surface area contributed by atoms with Crippen LogP contribution in [0.25, 0.3) is 0 Å². The molecule has 0 saturated carbocycles. The Hall–Kier alpha value is -1.06. The number of benzene rings is 1. The van der Waals surface area contributed by atoms with Gasteiger partial charge in [-0.25, -0.2) is 0 Å². The van der Waals surface area contributed by atoms with Crippen molar-refractivity contribution < 1.29 is 14.2 Å². The first-order valence-corrected chi connectivity index (χ1v) is 6.20. The van der Waals surface area contributed by atoms with Crippen LogP contribution < -0.4 is 4.74 Å². The second-order valence-corrected chi connectivity index (χ2v) is 4.32. The minimum atomic E-state index is -0.200. The third-order valence-corrected chi connectivity index (χ3v) is 3.12. The van der Waals surface area contributed by atoms with Gasteiger partial charge in [0.1, 0.15) is 5.75 Å². The molecule has 0 spiro atoms. The predicted molar refractivity (Wildman–Crippen MR) is 66.3 cm³/mol. The topological polar surface area (TPSA) is 27.7 Å². The van der Waals surface area contributed by atoms with Crippen LogP contribution in [-0.4, -0.2) is 19.8 Å². The molecule has 17 heavy (non-hydrogen) atoms. The molecule has 3 heteroatoms. The molecule has 2 rings (SSSR count). The molecule has 94 valence electrons. The van der Waals surface area contributed by atoms with Crippen LogP contribution in [0.4, 0.5) is 0 Å². The third kappa shape index (κ3) is 2.61. The van der Waals surface area contributed by atoms with Gasteiger partial charge in [-0.1, -0.05) is 6.92 Å². The van der Waals surface area contributed by atoms with E-state index in [1.54, 1.807) is 0 Å². The zero-order valence-electron chi connectivity index (χ0n) is 10.8. The van der Waals surface area contributed by atoms with Crippen molar-refractivity contribution in [3.05, 3.63) is 28.8 Å². The summed E-state index contributed by atoms with van der Waals surface area (Å²) in [6, 6.07) is 4.06. The minimum Gasteiger partial charge on any atom is -0.493 e. The van der Waals surface area contributed by atoms with E-state index in [1.807, 2.05) is 12.1 Å². The van der Waals surface area contributed by atoms with E-state index in [0.717, 1.165) is 24.3 Å². The lowest BCUT2D eigenvalue weighted by Gasteiger charge is -2.17. The highest BCUT2D eigenvalue weighted by atomic mass is 16.7. The number of ether oxygens (including phenoxy) is 3. The lowest BCUT2D eigenvalue weighted by atomic mass is 10.0. The summed E-state index contributed by atoms with van der Waals surface area (Å²) in [4.78, 5) is 0. The predicted octanol–water partition coefficient (Wildman–Crippen LogP) is 3.14. The Balaban J connectivity index is 2.22. The van der Waals surface area contributed by atoms with Gasteiger partial charge >= 0.3 is 0 Å². The molecule has 0 radical (unpaired) electrons. The molecule has 3 nitrogen and oxygen atoms in total. The zero-order valence-corrected chi connectivity index (χ0v) is 10.8. The highest BCUT2D eigenvalue weighted by Crippen LogP contribution is 2.31. The maximum absolute atomic E-state index is 5.70. The normalized spacial score (nSPS) is 16.4. The van der Waals surface area contributed by atoms with E-state index in [0.29, 0.717) is 13.2 Å². The van der Waals surface area contributed by atoms with Gasteiger partial charge in [0.2, 0.25) is 0 Å². The number of hydrogen-bond donors (Lipinski definition) is 0. The summed E-state index contributed by atoms with van der Waals surface area (Å²) in [5.74, 6) is 0.964. The van der Waals surface area contributed by atoms with Gasteiger partial charge in [0.25, 0.3) is 0 Å². The summed E-state index contributed by atoms with van der Waals surface area (Å²) < 4.78 is 16.8. The van der Waals surface area contributed by atoms with Crippen molar-refractivity contribution in [1.29, 1.82) is 0 Å². The second-order valence-electron chi connectivity index (χ2n) is 4.32. The van der Waals surface area contributed by atoms with Crippen LogP contribution in [0, 0.1) is 13.8 Å². The van der Waals surface area contributed by atoms with E-state index in [2.05, 4.69) is 20.8 Å². The van der Waals surface area contributed by atoms with E-state index < -0.39 is 0 Å². The number of rotatable bonds is 4. The van der Waals surface area contributed by atoms with Crippen molar-refractivity contribution in [2.75, 3.05) is 19.8 Å². The van der Waals surface area contributed by atoms with Gasteiger partial charge in [0.05, 0.1) is 19.8 Å². The van der Waals surface area contributed by atoms with Gasteiger partial charge in [-0.05, 0) is 43.5 Å². The number of hydrogen-bond acceptors (Lipinski definition) is 3. The van der Waals surface area contributed by atoms with Gasteiger partial charge in [-0.15, -0.1) is 0 Å². The standard InChI is InChI=1S/C14H20O3/c1-4-7-15-13-6-5-12(10(2)11(13)3)14-16-8-9-17-14/h5-6,14H,4,7-9H2,1-3H3. The molecule has 0 atom stereocenters. The van der Waals surface area contributed by atoms with E-state index in [9.17, 15) is 0 Å². The SMILES string of the molecule is CCCOc1ccc(C2OCCO2)c(C)c1C. The Morgan fingerprint density at radius 1 is 1.18 bits per heavy atom. The average molecular weight is 236 g/mol.